The van der Waals surface area contributed by atoms with Crippen LogP contribution in [0.25, 0.3) is 0 Å². The van der Waals surface area contributed by atoms with E-state index < -0.39 is 15.9 Å². The third kappa shape index (κ3) is 4.72. The predicted molar refractivity (Wildman–Crippen MR) is 99.8 cm³/mol. The molecule has 1 fully saturated rings. The number of ether oxygens (including phenoxy) is 1. The fraction of sp³-hybridized carbons (Fsp3) is 0.263. The zero-order chi connectivity index (χ0) is 19.4. The first-order chi connectivity index (χ1) is 12.8. The molecule has 1 unspecified atom stereocenters. The number of rotatable bonds is 5. The van der Waals surface area contributed by atoms with Crippen molar-refractivity contribution in [2.24, 2.45) is 0 Å². The van der Waals surface area contributed by atoms with Gasteiger partial charge >= 0.3 is 0 Å². The molecular weight excluding hydrogens is 368 g/mol. The van der Waals surface area contributed by atoms with Crippen molar-refractivity contribution in [3.8, 4) is 0 Å². The molecule has 0 saturated carbocycles. The van der Waals surface area contributed by atoms with E-state index in [4.69, 9.17) is 4.74 Å². The Morgan fingerprint density at radius 1 is 1.15 bits per heavy atom. The van der Waals surface area contributed by atoms with Crippen LogP contribution in [-0.4, -0.2) is 50.6 Å². The predicted octanol–water partition coefficient (Wildman–Crippen LogP) is 1.46. The number of anilines is 1. The zero-order valence-corrected chi connectivity index (χ0v) is 15.6. The third-order valence-corrected chi connectivity index (χ3v) is 5.37. The van der Waals surface area contributed by atoms with Crippen LogP contribution in [0.3, 0.4) is 0 Å². The largest absolute Gasteiger partial charge is 0.369 e. The Morgan fingerprint density at radius 3 is 2.44 bits per heavy atom. The highest BCUT2D eigenvalue weighted by atomic mass is 32.2. The van der Waals surface area contributed by atoms with Gasteiger partial charge in [-0.25, -0.2) is 8.42 Å². The first-order valence-corrected chi connectivity index (χ1v) is 10.3. The molecule has 2 amide bonds. The van der Waals surface area contributed by atoms with Gasteiger partial charge in [0.05, 0.1) is 11.5 Å². The van der Waals surface area contributed by atoms with Crippen LogP contribution in [0, 0.1) is 0 Å². The molecule has 0 radical (unpaired) electrons. The summed E-state index contributed by atoms with van der Waals surface area (Å²) in [6, 6.07) is 14.5. The molecular formula is C19H20N2O5S. The summed E-state index contributed by atoms with van der Waals surface area (Å²) in [4.78, 5) is 26.6. The van der Waals surface area contributed by atoms with Crippen molar-refractivity contribution < 1.29 is 22.7 Å². The fourth-order valence-electron chi connectivity index (χ4n) is 2.81. The van der Waals surface area contributed by atoms with Gasteiger partial charge in [0, 0.05) is 18.5 Å². The molecule has 27 heavy (non-hydrogen) atoms. The Labute approximate surface area is 157 Å². The maximum atomic E-state index is 12.7. The van der Waals surface area contributed by atoms with Crippen LogP contribution in [0.1, 0.15) is 5.56 Å². The Balaban J connectivity index is 1.74. The van der Waals surface area contributed by atoms with E-state index >= 15 is 0 Å². The summed E-state index contributed by atoms with van der Waals surface area (Å²) in [5.74, 6) is -0.635. The molecule has 1 atom stereocenters. The van der Waals surface area contributed by atoms with E-state index in [9.17, 15) is 18.0 Å². The normalized spacial score (nSPS) is 17.6. The van der Waals surface area contributed by atoms with Crippen molar-refractivity contribution in [1.29, 1.82) is 0 Å². The van der Waals surface area contributed by atoms with Crippen LogP contribution in [0.15, 0.2) is 59.5 Å². The van der Waals surface area contributed by atoms with Crippen molar-refractivity contribution in [2.45, 2.75) is 17.5 Å². The summed E-state index contributed by atoms with van der Waals surface area (Å²) in [6.45, 7) is 0.361. The van der Waals surface area contributed by atoms with E-state index in [2.05, 4.69) is 5.32 Å². The van der Waals surface area contributed by atoms with Gasteiger partial charge in [-0.1, -0.05) is 30.3 Å². The lowest BCUT2D eigenvalue weighted by atomic mass is 10.1. The molecule has 8 heteroatoms. The SMILES string of the molecule is CS(=O)(=O)c1ccc(NC(=O)C2COCC(=O)N2Cc2ccccc2)cc1. The van der Waals surface area contributed by atoms with E-state index in [0.717, 1.165) is 11.8 Å². The number of carbonyl (C=O) groups excluding carboxylic acids is 2. The maximum Gasteiger partial charge on any atom is 0.249 e. The lowest BCUT2D eigenvalue weighted by molar-refractivity contribution is -0.154. The van der Waals surface area contributed by atoms with Crippen LogP contribution < -0.4 is 5.32 Å². The molecule has 0 aliphatic carbocycles. The van der Waals surface area contributed by atoms with Gasteiger partial charge in [0.1, 0.15) is 12.6 Å². The van der Waals surface area contributed by atoms with Gasteiger partial charge in [-0.15, -0.1) is 0 Å². The van der Waals surface area contributed by atoms with Crippen molar-refractivity contribution in [3.05, 3.63) is 60.2 Å². The highest BCUT2D eigenvalue weighted by Crippen LogP contribution is 2.18. The van der Waals surface area contributed by atoms with Crippen LogP contribution in [0.5, 0.6) is 0 Å². The molecule has 0 spiro atoms. The first kappa shape index (κ1) is 19.1. The van der Waals surface area contributed by atoms with E-state index in [1.807, 2.05) is 30.3 Å². The zero-order valence-electron chi connectivity index (χ0n) is 14.8. The van der Waals surface area contributed by atoms with Crippen LogP contribution in [0.2, 0.25) is 0 Å². The highest BCUT2D eigenvalue weighted by Gasteiger charge is 2.34. The molecule has 1 heterocycles. The van der Waals surface area contributed by atoms with Gasteiger partial charge in [-0.2, -0.15) is 0 Å². The number of carbonyl (C=O) groups is 2. The summed E-state index contributed by atoms with van der Waals surface area (Å²) >= 11 is 0. The second-order valence-corrected chi connectivity index (χ2v) is 8.34. The quantitative estimate of drug-likeness (QED) is 0.837. The van der Waals surface area contributed by atoms with Gasteiger partial charge < -0.3 is 15.0 Å². The molecule has 1 aliphatic rings. The second kappa shape index (κ2) is 7.89. The molecule has 142 valence electrons. The average molecular weight is 388 g/mol. The van der Waals surface area contributed by atoms with Crippen LogP contribution >= 0.6 is 0 Å². The lowest BCUT2D eigenvalue weighted by Crippen LogP contribution is -2.54. The average Bonchev–Trinajstić information content (AvgIpc) is 2.64. The van der Waals surface area contributed by atoms with Crippen molar-refractivity contribution in [1.82, 2.24) is 4.90 Å². The van der Waals surface area contributed by atoms with Gasteiger partial charge in [-0.05, 0) is 29.8 Å². The molecule has 1 saturated heterocycles. The van der Waals surface area contributed by atoms with Gasteiger partial charge in [-0.3, -0.25) is 9.59 Å². The van der Waals surface area contributed by atoms with Crippen molar-refractivity contribution >= 4 is 27.3 Å². The highest BCUT2D eigenvalue weighted by molar-refractivity contribution is 7.90. The third-order valence-electron chi connectivity index (χ3n) is 4.25. The number of morpholine rings is 1. The number of amides is 2. The molecule has 7 nitrogen and oxygen atoms in total. The Bertz CT molecular complexity index is 926. The Hall–Kier alpha value is -2.71. The number of sulfone groups is 1. The molecule has 1 aliphatic heterocycles. The summed E-state index contributed by atoms with van der Waals surface area (Å²) in [7, 11) is -3.30. The van der Waals surface area contributed by atoms with Crippen LogP contribution in [-0.2, 0) is 30.7 Å². The minimum absolute atomic E-state index is 0.0559. The number of hydrogen-bond donors (Lipinski definition) is 1. The van der Waals surface area contributed by atoms with E-state index in [1.54, 1.807) is 0 Å². The summed E-state index contributed by atoms with van der Waals surface area (Å²) in [5.41, 5.74) is 1.37. The molecule has 2 aromatic carbocycles. The number of benzene rings is 2. The van der Waals surface area contributed by atoms with E-state index in [-0.39, 0.29) is 29.9 Å². The topological polar surface area (TPSA) is 92.8 Å². The molecule has 1 N–H and O–H groups in total. The minimum Gasteiger partial charge on any atom is -0.369 e. The molecule has 2 aromatic rings. The number of nitrogens with zero attached hydrogens (tertiary/aromatic N) is 1. The van der Waals surface area contributed by atoms with Crippen molar-refractivity contribution in [3.63, 3.8) is 0 Å². The Kier molecular flexibility index (Phi) is 5.57. The number of nitrogens with one attached hydrogen (secondary N) is 1. The minimum atomic E-state index is -3.30. The van der Waals surface area contributed by atoms with Gasteiger partial charge in [0.2, 0.25) is 11.8 Å². The maximum absolute atomic E-state index is 12.7. The lowest BCUT2D eigenvalue weighted by Gasteiger charge is -2.34. The fourth-order valence-corrected chi connectivity index (χ4v) is 3.44. The van der Waals surface area contributed by atoms with E-state index in [0.29, 0.717) is 12.2 Å². The standard InChI is InChI=1S/C19H20N2O5S/c1-27(24,25)16-9-7-15(8-10-16)20-19(23)17-12-26-13-18(22)21(17)11-14-5-3-2-4-6-14/h2-10,17H,11-13H2,1H3,(H,20,23). The Morgan fingerprint density at radius 2 is 1.81 bits per heavy atom. The van der Waals surface area contributed by atoms with Gasteiger partial charge in [0.25, 0.3) is 0 Å². The van der Waals surface area contributed by atoms with E-state index in [1.165, 1.54) is 29.2 Å². The molecule has 0 aromatic heterocycles. The summed E-state index contributed by atoms with van der Waals surface area (Å²) in [6.07, 6.45) is 1.12. The van der Waals surface area contributed by atoms with Gasteiger partial charge in [0.15, 0.2) is 9.84 Å². The monoisotopic (exact) mass is 388 g/mol. The second-order valence-electron chi connectivity index (χ2n) is 6.32. The van der Waals surface area contributed by atoms with Crippen molar-refractivity contribution in [2.75, 3.05) is 24.8 Å². The van der Waals surface area contributed by atoms with Crippen LogP contribution in [0.4, 0.5) is 5.69 Å². The molecule has 0 bridgehead atoms. The number of hydrogen-bond acceptors (Lipinski definition) is 5. The summed E-state index contributed by atoms with van der Waals surface area (Å²) < 4.78 is 28.3. The molecule has 3 rings (SSSR count). The smallest absolute Gasteiger partial charge is 0.249 e. The first-order valence-electron chi connectivity index (χ1n) is 8.37. The summed E-state index contributed by atoms with van der Waals surface area (Å²) in [5, 5.41) is 2.72.